The van der Waals surface area contributed by atoms with Gasteiger partial charge in [-0.2, -0.15) is 0 Å². The van der Waals surface area contributed by atoms with Gasteiger partial charge in [-0.15, -0.1) is 0 Å². The van der Waals surface area contributed by atoms with Gasteiger partial charge in [0.05, 0.1) is 23.6 Å². The highest BCUT2D eigenvalue weighted by molar-refractivity contribution is 7.91. The lowest BCUT2D eigenvalue weighted by atomic mass is 9.64. The van der Waals surface area contributed by atoms with Crippen molar-refractivity contribution in [1.82, 2.24) is 4.72 Å². The third-order valence-corrected chi connectivity index (χ3v) is 13.7. The number of halogens is 1. The number of nitrogens with one attached hydrogen (secondary N) is 1. The Labute approximate surface area is 276 Å². The normalized spacial score (nSPS) is 35.0. The molecule has 1 amide bonds. The molecule has 2 fully saturated rings. The van der Waals surface area contributed by atoms with E-state index in [0.29, 0.717) is 43.3 Å². The lowest BCUT2D eigenvalue weighted by Crippen LogP contribution is -2.52. The predicted molar refractivity (Wildman–Crippen MR) is 178 cm³/mol. The molecule has 1 spiro atoms. The third-order valence-electron chi connectivity index (χ3n) is 11.3. The van der Waals surface area contributed by atoms with Crippen molar-refractivity contribution in [3.8, 4) is 17.6 Å². The number of ether oxygens (including phenoxy) is 1. The van der Waals surface area contributed by atoms with Crippen LogP contribution in [0.3, 0.4) is 0 Å². The Morgan fingerprint density at radius 2 is 2.04 bits per heavy atom. The summed E-state index contributed by atoms with van der Waals surface area (Å²) in [7, 11) is -3.98. The Kier molecular flexibility index (Phi) is 7.95. The van der Waals surface area contributed by atoms with Crippen molar-refractivity contribution < 1.29 is 28.2 Å². The van der Waals surface area contributed by atoms with Crippen molar-refractivity contribution in [1.29, 1.82) is 0 Å². The number of allylic oxidation sites excluding steroid dienone is 1. The van der Waals surface area contributed by atoms with Crippen LogP contribution >= 0.6 is 11.6 Å². The zero-order chi connectivity index (χ0) is 32.3. The number of carbonyl (C=O) groups is 1. The van der Waals surface area contributed by atoms with Crippen molar-refractivity contribution in [3.05, 3.63) is 70.3 Å². The van der Waals surface area contributed by atoms with Crippen LogP contribution in [0.5, 0.6) is 5.75 Å². The summed E-state index contributed by atoms with van der Waals surface area (Å²) in [6.45, 7) is 3.27. The second kappa shape index (κ2) is 11.6. The van der Waals surface area contributed by atoms with Gasteiger partial charge in [-0.05, 0) is 111 Å². The third kappa shape index (κ3) is 5.41. The lowest BCUT2D eigenvalue weighted by Gasteiger charge is -2.47. The Morgan fingerprint density at radius 1 is 1.20 bits per heavy atom. The minimum Gasteiger partial charge on any atom is -0.490 e. The van der Waals surface area contributed by atoms with E-state index in [2.05, 4.69) is 33.6 Å². The molecule has 8 nitrogen and oxygen atoms in total. The number of hydrogen-bond donors (Lipinski definition) is 3. The van der Waals surface area contributed by atoms with E-state index in [1.54, 1.807) is 31.2 Å². The molecule has 3 aliphatic carbocycles. The molecule has 2 aliphatic heterocycles. The average molecular weight is 665 g/mol. The number of fused-ring (bicyclic) bond motifs is 5. The maximum Gasteiger partial charge on any atom is 0.264 e. The molecule has 2 bridgehead atoms. The number of benzene rings is 2. The van der Waals surface area contributed by atoms with Crippen molar-refractivity contribution in [2.24, 2.45) is 17.8 Å². The Bertz CT molecular complexity index is 1770. The molecule has 46 heavy (non-hydrogen) atoms. The fourth-order valence-corrected chi connectivity index (χ4v) is 9.97. The summed E-state index contributed by atoms with van der Waals surface area (Å²) in [6, 6.07) is 11.3. The fraction of sp³-hybridized carbons (Fsp3) is 0.528. The zero-order valence-electron chi connectivity index (χ0n) is 26.1. The van der Waals surface area contributed by atoms with E-state index in [-0.39, 0.29) is 41.8 Å². The van der Waals surface area contributed by atoms with E-state index in [9.17, 15) is 23.4 Å². The van der Waals surface area contributed by atoms with E-state index in [0.717, 1.165) is 37.8 Å². The number of sulfonamides is 1. The van der Waals surface area contributed by atoms with E-state index in [1.165, 1.54) is 11.1 Å². The summed E-state index contributed by atoms with van der Waals surface area (Å²) in [5.41, 5.74) is 1.70. The number of aryl methyl sites for hydroxylation is 1. The van der Waals surface area contributed by atoms with E-state index in [4.69, 9.17) is 16.3 Å². The SMILES string of the molecule is C[C@@]12C[C@H]1C/C=C/[C@](O)(C#CCCO)[C@@H]1CC[C@H]1CN1C[C@@]3(CCCc4cc(Cl)ccc43)COc3ccc(cc31)C(=O)NS2(=O)=O. The van der Waals surface area contributed by atoms with Gasteiger partial charge in [0.15, 0.2) is 0 Å². The molecule has 0 radical (unpaired) electrons. The first-order valence-electron chi connectivity index (χ1n) is 16.4. The van der Waals surface area contributed by atoms with Crippen LogP contribution in [-0.4, -0.2) is 61.2 Å². The minimum absolute atomic E-state index is 0.0907. The molecule has 2 aromatic rings. The monoisotopic (exact) mass is 664 g/mol. The van der Waals surface area contributed by atoms with Gasteiger partial charge in [-0.25, -0.2) is 13.1 Å². The van der Waals surface area contributed by atoms with Crippen molar-refractivity contribution in [3.63, 3.8) is 0 Å². The second-order valence-electron chi connectivity index (χ2n) is 14.1. The number of nitrogens with zero attached hydrogens (tertiary/aromatic N) is 1. The Hall–Kier alpha value is -3.03. The van der Waals surface area contributed by atoms with Gasteiger partial charge in [-0.3, -0.25) is 4.79 Å². The Balaban J connectivity index is 1.32. The highest BCUT2D eigenvalue weighted by Crippen LogP contribution is 2.53. The van der Waals surface area contributed by atoms with Gasteiger partial charge in [0.25, 0.3) is 5.91 Å². The average Bonchev–Trinajstić information content (AvgIpc) is 3.71. The second-order valence-corrected chi connectivity index (χ2v) is 16.7. The first-order chi connectivity index (χ1) is 22.0. The smallest absolute Gasteiger partial charge is 0.264 e. The molecule has 6 atom stereocenters. The zero-order valence-corrected chi connectivity index (χ0v) is 27.7. The standard InChI is InChI=1S/C36H41ClN2O6S/c1-34-20-27(34)7-5-16-36(42,15-2-3-17-40)30-11-8-26(30)21-39-22-35(14-4-6-24-18-28(37)10-12-29(24)35)23-45-32-13-9-25(19-31(32)39)33(41)38-46(34,43)44/h5,9-10,12-13,16,18-19,26-27,30,40,42H,3-4,6-8,11,14,17,20-23H2,1H3,(H,38,41)/b16-5+/t26-,27+,30+,34+,35-,36+/m0/s1. The molecule has 0 saturated heterocycles. The van der Waals surface area contributed by atoms with Gasteiger partial charge in [-0.1, -0.05) is 35.6 Å². The lowest BCUT2D eigenvalue weighted by molar-refractivity contribution is -0.00324. The molecule has 2 heterocycles. The number of rotatable bonds is 1. The fourth-order valence-electron chi connectivity index (χ4n) is 8.22. The van der Waals surface area contributed by atoms with Crippen molar-refractivity contribution in [2.45, 2.75) is 74.1 Å². The maximum absolute atomic E-state index is 13.5. The summed E-state index contributed by atoms with van der Waals surface area (Å²) in [4.78, 5) is 15.8. The number of amides is 1. The summed E-state index contributed by atoms with van der Waals surface area (Å²) in [5, 5.41) is 22.1. The van der Waals surface area contributed by atoms with Crippen LogP contribution in [-0.2, 0) is 21.9 Å². The van der Waals surface area contributed by atoms with Crippen LogP contribution in [0, 0.1) is 29.6 Å². The molecule has 10 heteroatoms. The van der Waals surface area contributed by atoms with E-state index < -0.39 is 26.3 Å². The van der Waals surface area contributed by atoms with E-state index in [1.807, 2.05) is 12.1 Å². The van der Waals surface area contributed by atoms with Crippen molar-refractivity contribution >= 4 is 33.2 Å². The number of anilines is 1. The first-order valence-corrected chi connectivity index (χ1v) is 18.2. The number of aliphatic hydroxyl groups is 2. The van der Waals surface area contributed by atoms with Crippen LogP contribution in [0.2, 0.25) is 5.02 Å². The van der Waals surface area contributed by atoms with Gasteiger partial charge in [0.1, 0.15) is 11.4 Å². The Morgan fingerprint density at radius 3 is 2.83 bits per heavy atom. The largest absolute Gasteiger partial charge is 0.490 e. The number of aliphatic hydroxyl groups excluding tert-OH is 1. The molecule has 5 aliphatic rings. The van der Waals surface area contributed by atoms with Crippen LogP contribution in [0.4, 0.5) is 5.69 Å². The van der Waals surface area contributed by atoms with Crippen LogP contribution in [0.25, 0.3) is 0 Å². The van der Waals surface area contributed by atoms with E-state index >= 15 is 0 Å². The van der Waals surface area contributed by atoms with Crippen molar-refractivity contribution in [2.75, 3.05) is 31.2 Å². The van der Waals surface area contributed by atoms with Gasteiger partial charge in [0, 0.05) is 41.4 Å². The topological polar surface area (TPSA) is 116 Å². The van der Waals surface area contributed by atoms with Crippen LogP contribution in [0.1, 0.15) is 73.4 Å². The number of carbonyl (C=O) groups excluding carboxylic acids is 1. The minimum atomic E-state index is -3.98. The summed E-state index contributed by atoms with van der Waals surface area (Å²) >= 11 is 6.41. The summed E-state index contributed by atoms with van der Waals surface area (Å²) in [5.74, 6) is 5.80. The van der Waals surface area contributed by atoms with Gasteiger partial charge >= 0.3 is 0 Å². The van der Waals surface area contributed by atoms with Crippen LogP contribution in [0.15, 0.2) is 48.6 Å². The molecule has 0 aromatic heterocycles. The molecule has 3 N–H and O–H groups in total. The first kappa shape index (κ1) is 31.6. The molecule has 7 rings (SSSR count). The molecule has 2 saturated carbocycles. The highest BCUT2D eigenvalue weighted by Gasteiger charge is 2.60. The molecular weight excluding hydrogens is 624 g/mol. The number of hydrogen-bond acceptors (Lipinski definition) is 7. The molecular formula is C36H41ClN2O6S. The molecule has 2 aromatic carbocycles. The van der Waals surface area contributed by atoms with Gasteiger partial charge < -0.3 is 19.8 Å². The summed E-state index contributed by atoms with van der Waals surface area (Å²) in [6.07, 6.45) is 9.27. The summed E-state index contributed by atoms with van der Waals surface area (Å²) < 4.78 is 34.8. The quantitative estimate of drug-likeness (QED) is 0.298. The van der Waals surface area contributed by atoms with Crippen LogP contribution < -0.4 is 14.4 Å². The predicted octanol–water partition coefficient (Wildman–Crippen LogP) is 4.75. The molecule has 0 unspecified atom stereocenters. The highest BCUT2D eigenvalue weighted by atomic mass is 35.5. The van der Waals surface area contributed by atoms with Gasteiger partial charge in [0.2, 0.25) is 10.0 Å². The maximum atomic E-state index is 13.5. The molecule has 244 valence electrons.